The van der Waals surface area contributed by atoms with Gasteiger partial charge in [-0.05, 0) is 6.54 Å². The summed E-state index contributed by atoms with van der Waals surface area (Å²) in [4.78, 5) is 1.75. The third-order valence-electron chi connectivity index (χ3n) is 1.76. The van der Waals surface area contributed by atoms with Crippen molar-refractivity contribution >= 4 is 0 Å². The van der Waals surface area contributed by atoms with Crippen LogP contribution in [0.15, 0.2) is 0 Å². The summed E-state index contributed by atoms with van der Waals surface area (Å²) in [7, 11) is 0. The van der Waals surface area contributed by atoms with Crippen LogP contribution in [0.5, 0.6) is 0 Å². The Bertz CT molecular complexity index is 120. The highest BCUT2D eigenvalue weighted by molar-refractivity contribution is 4.86. The molecule has 4 heteroatoms. The lowest BCUT2D eigenvalue weighted by Crippen LogP contribution is -2.57. The molecule has 1 aliphatic heterocycles. The Morgan fingerprint density at radius 3 is 2.55 bits per heavy atom. The maximum atomic E-state index is 12.2. The molecule has 1 aliphatic rings. The summed E-state index contributed by atoms with van der Waals surface area (Å²) in [6.45, 7) is 4.35. The van der Waals surface area contributed by atoms with Crippen molar-refractivity contribution in [3.05, 3.63) is 0 Å². The molecule has 1 rings (SSSR count). The molecule has 1 N–H and O–H groups in total. The summed E-state index contributed by atoms with van der Waals surface area (Å²) >= 11 is 0. The van der Waals surface area contributed by atoms with E-state index in [1.54, 1.807) is 4.90 Å². The summed E-state index contributed by atoms with van der Waals surface area (Å²) in [5.41, 5.74) is 0. The van der Waals surface area contributed by atoms with E-state index in [1.807, 2.05) is 6.92 Å². The molecule has 0 amide bonds. The van der Waals surface area contributed by atoms with Gasteiger partial charge in [0.15, 0.2) is 0 Å². The van der Waals surface area contributed by atoms with Gasteiger partial charge in [-0.15, -0.1) is 0 Å². The Labute approximate surface area is 65.6 Å². The van der Waals surface area contributed by atoms with Gasteiger partial charge in [-0.1, -0.05) is 6.92 Å². The minimum atomic E-state index is -2.41. The maximum absolute atomic E-state index is 12.2. The molecular weight excluding hydrogens is 150 g/mol. The average Bonchev–Trinajstić information content (AvgIpc) is 1.84. The Morgan fingerprint density at radius 1 is 1.45 bits per heavy atom. The number of halogens is 2. The highest BCUT2D eigenvalue weighted by atomic mass is 19.3. The molecule has 1 heterocycles. The quantitative estimate of drug-likeness (QED) is 0.610. The fourth-order valence-electron chi connectivity index (χ4n) is 1.18. The van der Waals surface area contributed by atoms with Gasteiger partial charge in [0.1, 0.15) is 0 Å². The van der Waals surface area contributed by atoms with Crippen molar-refractivity contribution in [2.45, 2.75) is 12.8 Å². The van der Waals surface area contributed by atoms with Gasteiger partial charge in [0, 0.05) is 13.1 Å². The SMILES string of the molecule is CCNCCN1CC(F)(F)C1. The zero-order valence-corrected chi connectivity index (χ0v) is 6.74. The number of nitrogens with zero attached hydrogens (tertiary/aromatic N) is 1. The molecule has 0 aromatic carbocycles. The lowest BCUT2D eigenvalue weighted by atomic mass is 10.1. The van der Waals surface area contributed by atoms with Crippen molar-refractivity contribution in [2.75, 3.05) is 32.7 Å². The van der Waals surface area contributed by atoms with E-state index in [-0.39, 0.29) is 13.1 Å². The van der Waals surface area contributed by atoms with E-state index in [9.17, 15) is 8.78 Å². The highest BCUT2D eigenvalue weighted by Gasteiger charge is 2.42. The summed E-state index contributed by atoms with van der Waals surface area (Å²) < 4.78 is 24.5. The lowest BCUT2D eigenvalue weighted by Gasteiger charge is -2.38. The second-order valence-corrected chi connectivity index (χ2v) is 2.92. The van der Waals surface area contributed by atoms with Gasteiger partial charge in [0.25, 0.3) is 5.92 Å². The number of rotatable bonds is 4. The van der Waals surface area contributed by atoms with Crippen molar-refractivity contribution in [2.24, 2.45) is 0 Å². The van der Waals surface area contributed by atoms with Crippen molar-refractivity contribution in [3.8, 4) is 0 Å². The third-order valence-corrected chi connectivity index (χ3v) is 1.76. The Morgan fingerprint density at radius 2 is 2.09 bits per heavy atom. The first-order valence-corrected chi connectivity index (χ1v) is 3.95. The molecule has 0 unspecified atom stereocenters. The number of nitrogens with one attached hydrogen (secondary N) is 1. The van der Waals surface area contributed by atoms with Crippen LogP contribution in [0.25, 0.3) is 0 Å². The molecule has 66 valence electrons. The molecule has 2 nitrogen and oxygen atoms in total. The molecule has 0 bridgehead atoms. The zero-order chi connectivity index (χ0) is 8.32. The van der Waals surface area contributed by atoms with Gasteiger partial charge in [-0.2, -0.15) is 0 Å². The first-order valence-electron chi connectivity index (χ1n) is 3.95. The van der Waals surface area contributed by atoms with Crippen LogP contribution in [0.1, 0.15) is 6.92 Å². The van der Waals surface area contributed by atoms with Crippen molar-refractivity contribution in [3.63, 3.8) is 0 Å². The van der Waals surface area contributed by atoms with Crippen LogP contribution >= 0.6 is 0 Å². The van der Waals surface area contributed by atoms with Crippen LogP contribution < -0.4 is 5.32 Å². The average molecular weight is 164 g/mol. The summed E-state index contributed by atoms with van der Waals surface area (Å²) in [6, 6.07) is 0. The summed E-state index contributed by atoms with van der Waals surface area (Å²) in [5, 5.41) is 3.09. The molecule has 0 radical (unpaired) electrons. The van der Waals surface area contributed by atoms with Crippen LogP contribution in [0.4, 0.5) is 8.78 Å². The molecule has 0 aromatic rings. The van der Waals surface area contributed by atoms with Gasteiger partial charge < -0.3 is 5.32 Å². The predicted octanol–water partition coefficient (Wildman–Crippen LogP) is 0.547. The Kier molecular flexibility index (Phi) is 2.78. The van der Waals surface area contributed by atoms with E-state index in [1.165, 1.54) is 0 Å². The summed E-state index contributed by atoms with van der Waals surface area (Å²) in [5.74, 6) is -2.41. The van der Waals surface area contributed by atoms with Crippen LogP contribution in [0, 0.1) is 0 Å². The number of likely N-dealkylation sites (N-methyl/N-ethyl adjacent to an activating group) is 1. The molecule has 0 atom stereocenters. The van der Waals surface area contributed by atoms with Crippen LogP contribution in [-0.4, -0.2) is 43.5 Å². The van der Waals surface area contributed by atoms with Crippen molar-refractivity contribution in [1.29, 1.82) is 0 Å². The molecule has 0 aliphatic carbocycles. The molecule has 0 aromatic heterocycles. The number of hydrogen-bond donors (Lipinski definition) is 1. The number of likely N-dealkylation sites (tertiary alicyclic amines) is 1. The minimum Gasteiger partial charge on any atom is -0.316 e. The van der Waals surface area contributed by atoms with E-state index < -0.39 is 5.92 Å². The topological polar surface area (TPSA) is 15.3 Å². The zero-order valence-electron chi connectivity index (χ0n) is 6.74. The van der Waals surface area contributed by atoms with Gasteiger partial charge in [0.2, 0.25) is 0 Å². The fourth-order valence-corrected chi connectivity index (χ4v) is 1.18. The van der Waals surface area contributed by atoms with Crippen LogP contribution in [0.3, 0.4) is 0 Å². The van der Waals surface area contributed by atoms with Crippen LogP contribution in [-0.2, 0) is 0 Å². The Hall–Kier alpha value is -0.220. The van der Waals surface area contributed by atoms with E-state index in [4.69, 9.17) is 0 Å². The van der Waals surface area contributed by atoms with Gasteiger partial charge >= 0.3 is 0 Å². The number of hydrogen-bond acceptors (Lipinski definition) is 2. The lowest BCUT2D eigenvalue weighted by molar-refractivity contribution is -0.129. The van der Waals surface area contributed by atoms with Gasteiger partial charge in [-0.3, -0.25) is 4.90 Å². The number of alkyl halides is 2. The van der Waals surface area contributed by atoms with E-state index in [2.05, 4.69) is 5.32 Å². The summed E-state index contributed by atoms with van der Waals surface area (Å²) in [6.07, 6.45) is 0. The molecule has 0 saturated carbocycles. The standard InChI is InChI=1S/C7H14F2N2/c1-2-10-3-4-11-5-7(8,9)6-11/h10H,2-6H2,1H3. The molecule has 1 fully saturated rings. The highest BCUT2D eigenvalue weighted by Crippen LogP contribution is 2.25. The third kappa shape index (κ3) is 2.71. The van der Waals surface area contributed by atoms with Crippen molar-refractivity contribution in [1.82, 2.24) is 10.2 Å². The Balaban J connectivity index is 1.96. The largest absolute Gasteiger partial charge is 0.316 e. The van der Waals surface area contributed by atoms with Crippen LogP contribution in [0.2, 0.25) is 0 Å². The minimum absolute atomic E-state index is 0.0571. The van der Waals surface area contributed by atoms with Gasteiger partial charge in [0.05, 0.1) is 13.1 Å². The van der Waals surface area contributed by atoms with E-state index in [0.29, 0.717) is 0 Å². The van der Waals surface area contributed by atoms with Crippen molar-refractivity contribution < 1.29 is 8.78 Å². The smallest absolute Gasteiger partial charge is 0.272 e. The normalized spacial score (nSPS) is 23.2. The fraction of sp³-hybridized carbons (Fsp3) is 1.00. The maximum Gasteiger partial charge on any atom is 0.272 e. The monoisotopic (exact) mass is 164 g/mol. The first-order chi connectivity index (χ1) is 5.14. The first kappa shape index (κ1) is 8.87. The second-order valence-electron chi connectivity index (χ2n) is 2.92. The van der Waals surface area contributed by atoms with E-state index in [0.717, 1.165) is 19.6 Å². The van der Waals surface area contributed by atoms with Gasteiger partial charge in [-0.25, -0.2) is 8.78 Å². The van der Waals surface area contributed by atoms with E-state index >= 15 is 0 Å². The molecule has 0 spiro atoms. The molecular formula is C7H14F2N2. The predicted molar refractivity (Wildman–Crippen MR) is 39.9 cm³/mol. The second kappa shape index (κ2) is 3.45. The molecule has 1 saturated heterocycles. The molecule has 11 heavy (non-hydrogen) atoms.